The molecule has 0 amide bonds. The van der Waals surface area contributed by atoms with Gasteiger partial charge in [-0.15, -0.1) is 0 Å². The summed E-state index contributed by atoms with van der Waals surface area (Å²) in [5.41, 5.74) is -3.17. The van der Waals surface area contributed by atoms with E-state index in [2.05, 4.69) is 31.3 Å². The molecule has 64 heavy (non-hydrogen) atoms. The molecule has 3 unspecified atom stereocenters. The second-order valence-electron chi connectivity index (χ2n) is 20.4. The molecule has 5 rings (SSSR count). The quantitative estimate of drug-likeness (QED) is 0.123. The van der Waals surface area contributed by atoms with E-state index in [4.69, 9.17) is 42.6 Å². The number of cyclic esters (lactones) is 1. The first-order chi connectivity index (χ1) is 30.0. The third-order valence-corrected chi connectivity index (χ3v) is 15.1. The van der Waals surface area contributed by atoms with Crippen molar-refractivity contribution in [1.29, 1.82) is 0 Å². The Kier molecular flexibility index (Phi) is 17.6. The van der Waals surface area contributed by atoms with E-state index < -0.39 is 101 Å². The third-order valence-electron chi connectivity index (χ3n) is 15.1. The molecule has 0 spiro atoms. The lowest BCUT2D eigenvalue weighted by atomic mass is 9.69. The molecule has 4 heterocycles. The molecule has 15 nitrogen and oxygen atoms in total. The molecule has 3 N–H and O–H groups in total. The van der Waals surface area contributed by atoms with E-state index in [1.807, 2.05) is 71.8 Å². The van der Waals surface area contributed by atoms with Crippen molar-refractivity contribution < 1.29 is 62.4 Å². The summed E-state index contributed by atoms with van der Waals surface area (Å²) in [5.74, 6) is -3.17. The maximum absolute atomic E-state index is 14.8. The topological polar surface area (TPSA) is 176 Å². The van der Waals surface area contributed by atoms with Crippen LogP contribution in [0.2, 0.25) is 0 Å². The second kappa shape index (κ2) is 21.3. The molecule has 0 radical (unpaired) electrons. The first kappa shape index (κ1) is 52.7. The number of carbonyl (C=O) groups is 2. The number of methoxy groups -OCH3 is 2. The van der Waals surface area contributed by atoms with Crippen LogP contribution in [-0.2, 0) is 58.8 Å². The van der Waals surface area contributed by atoms with Crippen molar-refractivity contribution in [3.63, 3.8) is 0 Å². The highest BCUT2D eigenvalue weighted by atomic mass is 16.7. The Morgan fingerprint density at radius 2 is 1.58 bits per heavy atom. The van der Waals surface area contributed by atoms with Crippen molar-refractivity contribution in [3.05, 3.63) is 35.9 Å². The monoisotopic (exact) mass is 907 g/mol. The van der Waals surface area contributed by atoms with Gasteiger partial charge in [-0.2, -0.15) is 0 Å². The predicted molar refractivity (Wildman–Crippen MR) is 240 cm³/mol. The summed E-state index contributed by atoms with van der Waals surface area (Å²) in [4.78, 5) is 29.0. The summed E-state index contributed by atoms with van der Waals surface area (Å²) in [6.07, 6.45) is -5.41. The fraction of sp³-hybridized carbons (Fsp3) is 0.837. The molecule has 0 bridgehead atoms. The van der Waals surface area contributed by atoms with Crippen molar-refractivity contribution in [2.75, 3.05) is 34.9 Å². The number of ether oxygens (including phenoxy) is 9. The molecular formula is C49H82N2O13. The molecular weight excluding hydrogens is 825 g/mol. The first-order valence-electron chi connectivity index (χ1n) is 23.5. The van der Waals surface area contributed by atoms with Crippen molar-refractivity contribution in [1.82, 2.24) is 10.2 Å². The zero-order valence-electron chi connectivity index (χ0n) is 41.3. The molecule has 0 aromatic heterocycles. The highest BCUT2D eigenvalue weighted by molar-refractivity contribution is 5.73. The number of epoxide rings is 1. The summed E-state index contributed by atoms with van der Waals surface area (Å²) in [5, 5.41) is 28.2. The SMILES string of the molecule is CC[C@H]1OC(=O)[C@H](C)[C@@H](OC2C[C@@](C)(OC)[C@@H](OC(C)=O)[C@H](C)O2)[C@H](C)[C@@H](O[C@@H]2O[C@H](C)C[C@H](N(C)C)[C@H]2O)[C@](C)(OC)C[C@@H](C)C2OC2(C)[C@@H](CCNCc2ccccc2)[C@]1(C)O. The van der Waals surface area contributed by atoms with E-state index in [-0.39, 0.29) is 30.6 Å². The maximum atomic E-state index is 14.8. The number of carbonyl (C=O) groups excluding carboxylic acids is 2. The van der Waals surface area contributed by atoms with Crippen LogP contribution in [0.15, 0.2) is 30.3 Å². The Morgan fingerprint density at radius 3 is 2.17 bits per heavy atom. The minimum Gasteiger partial charge on any atom is -0.459 e. The number of esters is 2. The molecule has 19 atom stereocenters. The Morgan fingerprint density at radius 1 is 0.938 bits per heavy atom. The fourth-order valence-corrected chi connectivity index (χ4v) is 11.4. The zero-order chi connectivity index (χ0) is 47.5. The van der Waals surface area contributed by atoms with Gasteiger partial charge in [-0.3, -0.25) is 9.59 Å². The number of fused-ring (bicyclic) bond motifs is 1. The van der Waals surface area contributed by atoms with Gasteiger partial charge in [0.15, 0.2) is 18.7 Å². The molecule has 366 valence electrons. The largest absolute Gasteiger partial charge is 0.459 e. The van der Waals surface area contributed by atoms with E-state index in [0.717, 1.165) is 5.56 Å². The highest BCUT2D eigenvalue weighted by Gasteiger charge is 2.66. The number of nitrogens with one attached hydrogen (secondary N) is 1. The molecule has 1 aromatic rings. The average Bonchev–Trinajstić information content (AvgIpc) is 3.93. The normalized spacial score (nSPS) is 44.7. The van der Waals surface area contributed by atoms with Gasteiger partial charge in [-0.1, -0.05) is 51.1 Å². The molecule has 15 heteroatoms. The summed E-state index contributed by atoms with van der Waals surface area (Å²) in [6.45, 7) is 21.7. The smallest absolute Gasteiger partial charge is 0.311 e. The van der Waals surface area contributed by atoms with E-state index in [1.165, 1.54) is 6.92 Å². The maximum Gasteiger partial charge on any atom is 0.311 e. The van der Waals surface area contributed by atoms with E-state index in [9.17, 15) is 19.8 Å². The lowest BCUT2D eigenvalue weighted by molar-refractivity contribution is -0.320. The number of hydrogen-bond acceptors (Lipinski definition) is 15. The standard InChI is InChI=1S/C49H82N2O13/c1-16-37-48(10,55)36(22-23-50-27-34-20-18-17-19-21-34)49(11)41(64-49)28(2)25-46(8,56-14)42(63-45-39(53)35(51(12)13)24-29(3)58-45)30(4)40(31(5)44(54)61-37)62-38-26-47(9,57-15)43(32(6)59-38)60-33(7)52/h17-21,28-32,35-43,45,50,53,55H,16,22-27H2,1-15H3/t28-,29-,30+,31-,32+,35+,36+,37-,38?,39-,40+,41?,42-,43+,45+,46-,47-,48+,49?/m1/s1. The number of hydrogen-bond donors (Lipinski definition) is 3. The fourth-order valence-electron chi connectivity index (χ4n) is 11.4. The summed E-state index contributed by atoms with van der Waals surface area (Å²) < 4.78 is 58.4. The molecule has 1 aromatic carbocycles. The van der Waals surface area contributed by atoms with Crippen LogP contribution in [0.1, 0.15) is 114 Å². The molecule has 0 aliphatic carbocycles. The number of nitrogens with zero attached hydrogens (tertiary/aromatic N) is 1. The predicted octanol–water partition coefficient (Wildman–Crippen LogP) is 5.40. The van der Waals surface area contributed by atoms with Crippen LogP contribution in [-0.4, -0.2) is 152 Å². The van der Waals surface area contributed by atoms with Gasteiger partial charge < -0.3 is 63.1 Å². The van der Waals surface area contributed by atoms with E-state index in [0.29, 0.717) is 38.8 Å². The van der Waals surface area contributed by atoms with Crippen LogP contribution in [0.25, 0.3) is 0 Å². The number of aliphatic hydroxyl groups is 2. The molecule has 4 saturated heterocycles. The van der Waals surface area contributed by atoms with Gasteiger partial charge in [0.2, 0.25) is 0 Å². The Balaban J connectivity index is 1.58. The number of likely N-dealkylation sites (N-methyl/N-ethyl adjacent to an activating group) is 1. The van der Waals surface area contributed by atoms with Gasteiger partial charge in [0.05, 0.1) is 47.6 Å². The van der Waals surface area contributed by atoms with E-state index in [1.54, 1.807) is 35.0 Å². The van der Waals surface area contributed by atoms with Crippen LogP contribution < -0.4 is 5.32 Å². The third kappa shape index (κ3) is 11.5. The lowest BCUT2D eigenvalue weighted by Crippen LogP contribution is -2.61. The van der Waals surface area contributed by atoms with E-state index >= 15 is 0 Å². The number of benzene rings is 1. The highest BCUT2D eigenvalue weighted by Crippen LogP contribution is 2.55. The summed E-state index contributed by atoms with van der Waals surface area (Å²) in [6, 6.07) is 9.91. The molecule has 4 aliphatic heterocycles. The van der Waals surface area contributed by atoms with Crippen molar-refractivity contribution >= 4 is 11.9 Å². The Labute approximate surface area is 382 Å². The van der Waals surface area contributed by atoms with Crippen LogP contribution in [0.4, 0.5) is 0 Å². The average molecular weight is 907 g/mol. The van der Waals surface area contributed by atoms with Crippen molar-refractivity contribution in [3.8, 4) is 0 Å². The van der Waals surface area contributed by atoms with Gasteiger partial charge in [-0.05, 0) is 106 Å². The summed E-state index contributed by atoms with van der Waals surface area (Å²) >= 11 is 0. The zero-order valence-corrected chi connectivity index (χ0v) is 41.3. The summed E-state index contributed by atoms with van der Waals surface area (Å²) in [7, 11) is 7.05. The minimum absolute atomic E-state index is 0.111. The van der Waals surface area contributed by atoms with Crippen molar-refractivity contribution in [2.24, 2.45) is 23.7 Å². The first-order valence-corrected chi connectivity index (χ1v) is 23.5. The number of aliphatic hydroxyl groups excluding tert-OH is 1. The molecule has 4 aliphatic rings. The molecule has 0 saturated carbocycles. The van der Waals surface area contributed by atoms with Gasteiger partial charge in [0.1, 0.15) is 23.4 Å². The number of rotatable bonds is 14. The lowest BCUT2D eigenvalue weighted by Gasteiger charge is -2.50. The molecule has 4 fully saturated rings. The Bertz CT molecular complexity index is 1670. The van der Waals surface area contributed by atoms with Gasteiger partial charge in [0.25, 0.3) is 0 Å². The van der Waals surface area contributed by atoms with Gasteiger partial charge >= 0.3 is 11.9 Å². The van der Waals surface area contributed by atoms with Crippen LogP contribution >= 0.6 is 0 Å². The van der Waals surface area contributed by atoms with Crippen LogP contribution in [0.5, 0.6) is 0 Å². The van der Waals surface area contributed by atoms with Crippen LogP contribution in [0, 0.1) is 23.7 Å². The minimum atomic E-state index is -1.49. The van der Waals surface area contributed by atoms with Crippen LogP contribution in [0.3, 0.4) is 0 Å². The Hall–Kier alpha value is -2.28. The second-order valence-corrected chi connectivity index (χ2v) is 20.4. The van der Waals surface area contributed by atoms with Gasteiger partial charge in [0, 0.05) is 52.0 Å². The van der Waals surface area contributed by atoms with Gasteiger partial charge in [-0.25, -0.2) is 0 Å². The van der Waals surface area contributed by atoms with Crippen molar-refractivity contribution in [2.45, 2.75) is 205 Å².